The van der Waals surface area contributed by atoms with Crippen LogP contribution in [-0.2, 0) is 0 Å². The van der Waals surface area contributed by atoms with E-state index in [1.807, 2.05) is 71.6 Å². The third kappa shape index (κ3) is 22.2. The van der Waals surface area contributed by atoms with Gasteiger partial charge in [0, 0.05) is 144 Å². The van der Waals surface area contributed by atoms with Gasteiger partial charge in [0.25, 0.3) is 35.4 Å². The number of hydrogen-bond acceptors (Lipinski definition) is 16. The summed E-state index contributed by atoms with van der Waals surface area (Å²) in [5.41, 5.74) is 16.5. The van der Waals surface area contributed by atoms with Crippen LogP contribution < -0.4 is 32.3 Å². The molecule has 0 spiro atoms. The minimum atomic E-state index is -0.614. The normalized spacial score (nSPS) is 12.4. The maximum absolute atomic E-state index is 12.9. The van der Waals surface area contributed by atoms with Crippen molar-refractivity contribution in [3.05, 3.63) is 330 Å². The van der Waals surface area contributed by atoms with Crippen LogP contribution in [0.2, 0.25) is 35.2 Å². The zero-order chi connectivity index (χ0) is 82.5. The quantitative estimate of drug-likeness (QED) is 0.0493. The number of aromatic nitrogens is 8. The molecule has 7 N–H and O–H groups in total. The number of halogens is 7. The number of piperazine rings is 2. The van der Waals surface area contributed by atoms with Crippen LogP contribution in [0.25, 0.3) is 50.7 Å². The Morgan fingerprint density at radius 2 is 0.718 bits per heavy atom. The second-order valence-corrected chi connectivity index (χ2v) is 28.8. The summed E-state index contributed by atoms with van der Waals surface area (Å²) in [5, 5.41) is 28.3. The van der Waals surface area contributed by atoms with E-state index in [9.17, 15) is 33.6 Å². The molecule has 2 saturated heterocycles. The van der Waals surface area contributed by atoms with E-state index >= 15 is 0 Å². The number of nitrogens with two attached hydrogens (primary N) is 1. The van der Waals surface area contributed by atoms with E-state index in [4.69, 9.17) is 86.9 Å². The standard InChI is InChI=1S/C25H24Cl2N4O2.C23H20Cl2N4O2.C19H13Cl2N3O2.C19H13ClN6O/c1-2-30-11-13-31(14-12-30)25(33)17-6-8-19(22(27)15-17)24(32)29-18-7-9-21(26)20(16-18)23-5-3-4-10-28-23;24-19-7-5-16(14-18(19)21-3-1-2-8-27-21)28-22(30)17-6-4-15(13-20(17)25)23(31)29-11-9-26-10-12-29;20-15-7-5-12(10-14(15)17-3-1-2-8-23-17)24-19(26)13-6-4-11(18(22)25)9-16(13)21;20-17-9-6-14(11-16(17)18-3-1-2-10-21-18)23-19(27)13-4-7-15(8-5-13)26-12-22-24-25-26/h3-10,15-16H,2,11-14H2,1H3,(H,29,32);1-8,13-14,26H,9-12H2,(H,28,30);1-10H,(H2,22,25)(H,24,26);1-12H,(H,23,27). The molecule has 7 heterocycles. The highest BCUT2D eigenvalue weighted by atomic mass is 35.5. The highest BCUT2D eigenvalue weighted by Crippen LogP contribution is 2.35. The van der Waals surface area contributed by atoms with E-state index in [1.54, 1.807) is 169 Å². The van der Waals surface area contributed by atoms with Gasteiger partial charge in [-0.25, -0.2) is 4.68 Å². The summed E-state index contributed by atoms with van der Waals surface area (Å²) in [7, 11) is 0. The molecule has 0 bridgehead atoms. The van der Waals surface area contributed by atoms with Crippen LogP contribution in [0.5, 0.6) is 0 Å². The van der Waals surface area contributed by atoms with E-state index < -0.39 is 11.8 Å². The lowest BCUT2D eigenvalue weighted by Gasteiger charge is -2.34. The Balaban J connectivity index is 0.000000144. The highest BCUT2D eigenvalue weighted by molar-refractivity contribution is 6.37. The maximum Gasteiger partial charge on any atom is 0.257 e. The number of benzene rings is 8. The first kappa shape index (κ1) is 84.1. The summed E-state index contributed by atoms with van der Waals surface area (Å²) in [6, 6.07) is 63.7. The van der Waals surface area contributed by atoms with Crippen LogP contribution in [0.15, 0.2) is 256 Å². The molecule has 8 aromatic carbocycles. The zero-order valence-electron chi connectivity index (χ0n) is 62.1. The second kappa shape index (κ2) is 40.3. The first-order valence-electron chi connectivity index (χ1n) is 36.3. The van der Waals surface area contributed by atoms with E-state index in [0.29, 0.717) is 125 Å². The number of carbonyl (C=O) groups excluding carboxylic acids is 7. The Morgan fingerprint density at radius 1 is 0.376 bits per heavy atom. The topological polar surface area (TPSA) is 311 Å². The van der Waals surface area contributed by atoms with Crippen LogP contribution in [0.3, 0.4) is 0 Å². The third-order valence-corrected chi connectivity index (χ3v) is 20.6. The van der Waals surface area contributed by atoms with Crippen molar-refractivity contribution in [3.8, 4) is 50.7 Å². The summed E-state index contributed by atoms with van der Waals surface area (Å²) < 4.78 is 1.51. The number of rotatable bonds is 17. The summed E-state index contributed by atoms with van der Waals surface area (Å²) in [4.78, 5) is 110. The zero-order valence-corrected chi connectivity index (χ0v) is 67.4. The number of carbonyl (C=O) groups is 7. The lowest BCUT2D eigenvalue weighted by molar-refractivity contribution is 0.0642. The number of anilines is 4. The molecule has 2 aliphatic heterocycles. The Hall–Kier alpha value is -12.3. The number of pyridine rings is 4. The molecule has 24 nitrogen and oxygen atoms in total. The number of likely N-dealkylation sites (N-methyl/N-ethyl adjacent to an activating group) is 1. The summed E-state index contributed by atoms with van der Waals surface area (Å²) in [6.45, 7) is 9.00. The van der Waals surface area contributed by atoms with Crippen molar-refractivity contribution < 1.29 is 33.6 Å². The minimum Gasteiger partial charge on any atom is -0.366 e. The summed E-state index contributed by atoms with van der Waals surface area (Å²) in [6.07, 6.45) is 8.21. The molecule has 0 aliphatic carbocycles. The number of amides is 7. The van der Waals surface area contributed by atoms with Crippen LogP contribution in [0, 0.1) is 0 Å². The fourth-order valence-electron chi connectivity index (χ4n) is 12.1. The van der Waals surface area contributed by atoms with E-state index in [0.717, 1.165) is 49.7 Å². The summed E-state index contributed by atoms with van der Waals surface area (Å²) >= 11 is 44.0. The van der Waals surface area contributed by atoms with Gasteiger partial charge in [-0.3, -0.25) is 53.5 Å². The average molecular weight is 1700 g/mol. The molecule has 117 heavy (non-hydrogen) atoms. The van der Waals surface area contributed by atoms with E-state index in [2.05, 4.69) is 73.9 Å². The van der Waals surface area contributed by atoms with Gasteiger partial charge in [-0.1, -0.05) is 112 Å². The van der Waals surface area contributed by atoms with Gasteiger partial charge in [0.1, 0.15) is 6.33 Å². The van der Waals surface area contributed by atoms with Crippen LogP contribution >= 0.6 is 81.2 Å². The van der Waals surface area contributed by atoms with Crippen molar-refractivity contribution in [2.24, 2.45) is 5.73 Å². The molecule has 590 valence electrons. The SMILES string of the molecule is CCN1CCN(C(=O)c2ccc(C(=O)Nc3ccc(Cl)c(-c4ccccn4)c3)c(Cl)c2)CC1.NC(=O)c1ccc(C(=O)Nc2ccc(Cl)c(-c3ccccn3)c2)c(Cl)c1.O=C(Nc1ccc(Cl)c(-c2ccccn2)c1)c1ccc(-n2cnnn2)cc1.O=C(Nc1ccc(Cl)c(-c2ccccn2)c1)c1ccc(C(=O)N2CCNCC2)cc1Cl. The Bertz CT molecular complexity index is 5740. The average Bonchev–Trinajstić information content (AvgIpc) is 1.31. The first-order valence-corrected chi connectivity index (χ1v) is 38.9. The number of tetrazole rings is 1. The smallest absolute Gasteiger partial charge is 0.257 e. The third-order valence-electron chi connectivity index (χ3n) is 18.3. The van der Waals surface area contributed by atoms with Crippen LogP contribution in [0.1, 0.15) is 79.4 Å². The number of nitrogens with zero attached hydrogens (tertiary/aromatic N) is 11. The molecule has 0 radical (unpaired) electrons. The van der Waals surface area contributed by atoms with Crippen molar-refractivity contribution >= 4 is 145 Å². The number of nitrogens with one attached hydrogen (secondary N) is 5. The molecule has 31 heteroatoms. The molecule has 7 amide bonds. The molecule has 2 fully saturated rings. The van der Waals surface area contributed by atoms with E-state index in [1.165, 1.54) is 29.2 Å². The van der Waals surface area contributed by atoms with Crippen LogP contribution in [-0.4, -0.2) is 155 Å². The van der Waals surface area contributed by atoms with Crippen LogP contribution in [0.4, 0.5) is 22.7 Å². The molecule has 0 saturated carbocycles. The molecule has 0 unspecified atom stereocenters. The molecular weight excluding hydrogens is 1630 g/mol. The number of hydrogen-bond donors (Lipinski definition) is 6. The minimum absolute atomic E-state index is 0.0719. The number of primary amides is 1. The van der Waals surface area contributed by atoms with Crippen molar-refractivity contribution in [1.82, 2.24) is 60.2 Å². The van der Waals surface area contributed by atoms with Gasteiger partial charge in [-0.15, -0.1) is 5.10 Å². The van der Waals surface area contributed by atoms with Gasteiger partial charge >= 0.3 is 0 Å². The highest BCUT2D eigenvalue weighted by Gasteiger charge is 2.25. The predicted molar refractivity (Wildman–Crippen MR) is 459 cm³/mol. The van der Waals surface area contributed by atoms with Crippen molar-refractivity contribution in [3.63, 3.8) is 0 Å². The first-order chi connectivity index (χ1) is 56.6. The lowest BCUT2D eigenvalue weighted by Crippen LogP contribution is -2.48. The fourth-order valence-corrected chi connectivity index (χ4v) is 13.8. The van der Waals surface area contributed by atoms with Gasteiger partial charge in [-0.2, -0.15) is 0 Å². The van der Waals surface area contributed by atoms with Gasteiger partial charge in [-0.05, 0) is 217 Å². The molecule has 13 aromatic rings. The van der Waals surface area contributed by atoms with Gasteiger partial charge in [0.05, 0.1) is 80.3 Å². The van der Waals surface area contributed by atoms with Gasteiger partial charge < -0.3 is 47.0 Å². The molecule has 2 aliphatic rings. The largest absolute Gasteiger partial charge is 0.366 e. The maximum atomic E-state index is 12.9. The Labute approximate surface area is 707 Å². The molecular formula is C86H70Cl7N17O7. The fraction of sp³-hybridized carbons (Fsp3) is 0.116. The molecule has 0 atom stereocenters. The van der Waals surface area contributed by atoms with Crippen molar-refractivity contribution in [2.75, 3.05) is 80.2 Å². The lowest BCUT2D eigenvalue weighted by atomic mass is 10.1. The van der Waals surface area contributed by atoms with Gasteiger partial charge in [0.15, 0.2) is 0 Å². The van der Waals surface area contributed by atoms with Crippen molar-refractivity contribution in [1.29, 1.82) is 0 Å². The Morgan fingerprint density at radius 3 is 1.04 bits per heavy atom. The van der Waals surface area contributed by atoms with Crippen molar-refractivity contribution in [2.45, 2.75) is 6.92 Å². The van der Waals surface area contributed by atoms with E-state index in [-0.39, 0.29) is 61.3 Å². The molecule has 15 rings (SSSR count). The Kier molecular flexibility index (Phi) is 29.0. The predicted octanol–water partition coefficient (Wildman–Crippen LogP) is 17.5. The second-order valence-electron chi connectivity index (χ2n) is 26.0. The molecule has 5 aromatic heterocycles. The monoisotopic (exact) mass is 1700 g/mol. The summed E-state index contributed by atoms with van der Waals surface area (Å²) in [5.74, 6) is -2.17. The van der Waals surface area contributed by atoms with Gasteiger partial charge in [0.2, 0.25) is 5.91 Å².